The van der Waals surface area contributed by atoms with Crippen LogP contribution in [0.2, 0.25) is 0 Å². The highest BCUT2D eigenvalue weighted by atomic mass is 16.4. The maximum atomic E-state index is 5.82. The Balaban J connectivity index is 2.00. The Morgan fingerprint density at radius 2 is 1.81 bits per heavy atom. The summed E-state index contributed by atoms with van der Waals surface area (Å²) >= 11 is 0. The summed E-state index contributed by atoms with van der Waals surface area (Å²) in [4.78, 5) is 4.58. The molecule has 2 heteroatoms. The minimum atomic E-state index is 0.784. The average Bonchev–Trinajstić information content (AvgIpc) is 2.73. The number of oxazole rings is 1. The van der Waals surface area contributed by atoms with Gasteiger partial charge in [-0.05, 0) is 38.3 Å². The van der Waals surface area contributed by atoms with Crippen molar-refractivity contribution in [2.45, 2.75) is 32.6 Å². The molecule has 2 nitrogen and oxygen atoms in total. The Morgan fingerprint density at radius 3 is 2.56 bits per heavy atom. The van der Waals surface area contributed by atoms with Gasteiger partial charge in [0.2, 0.25) is 5.89 Å². The summed E-state index contributed by atoms with van der Waals surface area (Å²) in [6, 6.07) is 8.34. The summed E-state index contributed by atoms with van der Waals surface area (Å²) < 4.78 is 5.82. The summed E-state index contributed by atoms with van der Waals surface area (Å²) in [6.07, 6.45) is 4.60. The standard InChI is InChI=1S/C14H15NO/c1-10-6-8-11(9-7-10)14-15-12-4-2-3-5-13(12)16-14/h6-9H,2-5H2,1H3. The molecule has 1 aromatic carbocycles. The molecule has 0 spiro atoms. The number of hydrogen-bond acceptors (Lipinski definition) is 2. The lowest BCUT2D eigenvalue weighted by Gasteiger charge is -2.05. The summed E-state index contributed by atoms with van der Waals surface area (Å²) in [7, 11) is 0. The van der Waals surface area contributed by atoms with E-state index in [0.717, 1.165) is 30.1 Å². The quantitative estimate of drug-likeness (QED) is 0.724. The second-order valence-corrected chi connectivity index (χ2v) is 4.46. The number of nitrogens with zero attached hydrogens (tertiary/aromatic N) is 1. The molecule has 1 aliphatic rings. The van der Waals surface area contributed by atoms with Gasteiger partial charge in [-0.3, -0.25) is 0 Å². The Morgan fingerprint density at radius 1 is 1.06 bits per heavy atom. The molecule has 0 bridgehead atoms. The van der Waals surface area contributed by atoms with Crippen LogP contribution in [0.3, 0.4) is 0 Å². The van der Waals surface area contributed by atoms with E-state index in [0.29, 0.717) is 0 Å². The van der Waals surface area contributed by atoms with Crippen molar-refractivity contribution < 1.29 is 4.42 Å². The molecular formula is C14H15NO. The summed E-state index contributed by atoms with van der Waals surface area (Å²) in [5, 5.41) is 0. The largest absolute Gasteiger partial charge is 0.441 e. The van der Waals surface area contributed by atoms with Gasteiger partial charge in [-0.15, -0.1) is 0 Å². The number of hydrogen-bond donors (Lipinski definition) is 0. The molecule has 3 rings (SSSR count). The van der Waals surface area contributed by atoms with Crippen LogP contribution in [-0.2, 0) is 12.8 Å². The SMILES string of the molecule is Cc1ccc(-c2nc3c(o2)CCCC3)cc1. The Bertz CT molecular complexity index is 472. The monoisotopic (exact) mass is 213 g/mol. The minimum absolute atomic E-state index is 0.784. The van der Waals surface area contributed by atoms with Crippen LogP contribution in [0.5, 0.6) is 0 Å². The van der Waals surface area contributed by atoms with Crippen molar-refractivity contribution in [1.82, 2.24) is 4.98 Å². The fourth-order valence-electron chi connectivity index (χ4n) is 2.17. The highest BCUT2D eigenvalue weighted by molar-refractivity contribution is 5.54. The first-order valence-corrected chi connectivity index (χ1v) is 5.88. The highest BCUT2D eigenvalue weighted by Gasteiger charge is 2.17. The van der Waals surface area contributed by atoms with Crippen molar-refractivity contribution >= 4 is 0 Å². The first kappa shape index (κ1) is 9.64. The van der Waals surface area contributed by atoms with Crippen LogP contribution in [0.4, 0.5) is 0 Å². The molecule has 1 aromatic heterocycles. The topological polar surface area (TPSA) is 26.0 Å². The van der Waals surface area contributed by atoms with Crippen LogP contribution in [-0.4, -0.2) is 4.98 Å². The van der Waals surface area contributed by atoms with Crippen molar-refractivity contribution in [3.05, 3.63) is 41.3 Å². The van der Waals surface area contributed by atoms with Crippen LogP contribution >= 0.6 is 0 Å². The number of aromatic nitrogens is 1. The molecule has 0 fully saturated rings. The molecular weight excluding hydrogens is 198 g/mol. The van der Waals surface area contributed by atoms with Gasteiger partial charge in [0.1, 0.15) is 5.76 Å². The maximum Gasteiger partial charge on any atom is 0.226 e. The fraction of sp³-hybridized carbons (Fsp3) is 0.357. The molecule has 2 aromatic rings. The molecule has 16 heavy (non-hydrogen) atoms. The van der Waals surface area contributed by atoms with E-state index in [1.165, 1.54) is 24.1 Å². The van der Waals surface area contributed by atoms with Crippen molar-refractivity contribution in [1.29, 1.82) is 0 Å². The van der Waals surface area contributed by atoms with Gasteiger partial charge in [-0.2, -0.15) is 0 Å². The zero-order valence-corrected chi connectivity index (χ0v) is 9.49. The Kier molecular flexibility index (Phi) is 2.28. The lowest BCUT2D eigenvalue weighted by atomic mass is 10.0. The molecule has 1 aliphatic carbocycles. The molecule has 0 aliphatic heterocycles. The first-order chi connectivity index (χ1) is 7.83. The van der Waals surface area contributed by atoms with Crippen LogP contribution in [0.25, 0.3) is 11.5 Å². The first-order valence-electron chi connectivity index (χ1n) is 5.88. The van der Waals surface area contributed by atoms with Gasteiger partial charge in [0.05, 0.1) is 5.69 Å². The summed E-state index contributed by atoms with van der Waals surface area (Å²) in [5.41, 5.74) is 3.52. The highest BCUT2D eigenvalue weighted by Crippen LogP contribution is 2.27. The van der Waals surface area contributed by atoms with E-state index in [4.69, 9.17) is 4.42 Å². The van der Waals surface area contributed by atoms with E-state index in [1.54, 1.807) is 0 Å². The van der Waals surface area contributed by atoms with Crippen LogP contribution in [0.1, 0.15) is 29.9 Å². The fourth-order valence-corrected chi connectivity index (χ4v) is 2.17. The third-order valence-electron chi connectivity index (χ3n) is 3.14. The minimum Gasteiger partial charge on any atom is -0.441 e. The van der Waals surface area contributed by atoms with E-state index in [1.807, 2.05) is 0 Å². The van der Waals surface area contributed by atoms with Crippen molar-refractivity contribution in [3.63, 3.8) is 0 Å². The predicted octanol–water partition coefficient (Wildman–Crippen LogP) is 3.53. The molecule has 0 unspecified atom stereocenters. The Hall–Kier alpha value is -1.57. The molecule has 0 atom stereocenters. The third-order valence-corrected chi connectivity index (χ3v) is 3.14. The van der Waals surface area contributed by atoms with Crippen molar-refractivity contribution in [2.75, 3.05) is 0 Å². The van der Waals surface area contributed by atoms with E-state index in [2.05, 4.69) is 36.2 Å². The lowest BCUT2D eigenvalue weighted by Crippen LogP contribution is -1.99. The van der Waals surface area contributed by atoms with E-state index < -0.39 is 0 Å². The molecule has 82 valence electrons. The molecule has 1 heterocycles. The van der Waals surface area contributed by atoms with Crippen LogP contribution in [0.15, 0.2) is 28.7 Å². The predicted molar refractivity (Wildman–Crippen MR) is 63.3 cm³/mol. The van der Waals surface area contributed by atoms with E-state index >= 15 is 0 Å². The molecule has 0 amide bonds. The number of fused-ring (bicyclic) bond motifs is 1. The van der Waals surface area contributed by atoms with E-state index in [-0.39, 0.29) is 0 Å². The Labute approximate surface area is 95.3 Å². The van der Waals surface area contributed by atoms with Gasteiger partial charge < -0.3 is 4.42 Å². The summed E-state index contributed by atoms with van der Waals surface area (Å²) in [6.45, 7) is 2.09. The zero-order chi connectivity index (χ0) is 11.0. The molecule has 0 radical (unpaired) electrons. The van der Waals surface area contributed by atoms with Gasteiger partial charge in [-0.25, -0.2) is 4.98 Å². The van der Waals surface area contributed by atoms with Gasteiger partial charge in [0.25, 0.3) is 0 Å². The van der Waals surface area contributed by atoms with E-state index in [9.17, 15) is 0 Å². The van der Waals surface area contributed by atoms with Gasteiger partial charge in [0.15, 0.2) is 0 Å². The zero-order valence-electron chi connectivity index (χ0n) is 9.49. The number of aryl methyl sites for hydroxylation is 3. The van der Waals surface area contributed by atoms with Gasteiger partial charge in [0, 0.05) is 12.0 Å². The molecule has 0 N–H and O–H groups in total. The summed E-state index contributed by atoms with van der Waals surface area (Å²) in [5.74, 6) is 1.88. The van der Waals surface area contributed by atoms with Crippen molar-refractivity contribution in [2.24, 2.45) is 0 Å². The number of benzene rings is 1. The maximum absolute atomic E-state index is 5.82. The second-order valence-electron chi connectivity index (χ2n) is 4.46. The molecule has 0 saturated carbocycles. The smallest absolute Gasteiger partial charge is 0.226 e. The number of rotatable bonds is 1. The lowest BCUT2D eigenvalue weighted by molar-refractivity contribution is 0.487. The third kappa shape index (κ3) is 1.64. The van der Waals surface area contributed by atoms with Crippen molar-refractivity contribution in [3.8, 4) is 11.5 Å². The normalized spacial score (nSPS) is 14.8. The average molecular weight is 213 g/mol. The van der Waals surface area contributed by atoms with Gasteiger partial charge >= 0.3 is 0 Å². The van der Waals surface area contributed by atoms with Crippen LogP contribution < -0.4 is 0 Å². The second kappa shape index (κ2) is 3.78. The molecule has 0 saturated heterocycles. The van der Waals surface area contributed by atoms with Gasteiger partial charge in [-0.1, -0.05) is 17.7 Å². The van der Waals surface area contributed by atoms with Crippen LogP contribution in [0, 0.1) is 6.92 Å².